The second-order valence-corrected chi connectivity index (χ2v) is 10.6. The number of alkyl halides is 2. The Balaban J connectivity index is 1.60. The third-order valence-electron chi connectivity index (χ3n) is 6.20. The van der Waals surface area contributed by atoms with Gasteiger partial charge in [0.1, 0.15) is 12.3 Å². The van der Waals surface area contributed by atoms with Gasteiger partial charge in [0.05, 0.1) is 5.69 Å². The summed E-state index contributed by atoms with van der Waals surface area (Å²) in [6.45, 7) is 11.7. The fourth-order valence-electron chi connectivity index (χ4n) is 5.04. The van der Waals surface area contributed by atoms with Gasteiger partial charge in [0.2, 0.25) is 0 Å². The Morgan fingerprint density at radius 3 is 2.44 bits per heavy atom. The number of nitrogens with zero attached hydrogens (tertiary/aromatic N) is 4. The van der Waals surface area contributed by atoms with Crippen LogP contribution in [0.2, 0.25) is 0 Å². The average Bonchev–Trinajstić information content (AvgIpc) is 2.87. The zero-order chi connectivity index (χ0) is 20.3. The zero-order valence-electron chi connectivity index (χ0n) is 17.3. The van der Waals surface area contributed by atoms with Crippen LogP contribution in [0.25, 0.3) is 0 Å². The third kappa shape index (κ3) is 4.08. The summed E-state index contributed by atoms with van der Waals surface area (Å²) in [7, 11) is 1.93. The lowest BCUT2D eigenvalue weighted by Crippen LogP contribution is -2.51. The van der Waals surface area contributed by atoms with E-state index in [2.05, 4.69) is 24.2 Å². The minimum Gasteiger partial charge on any atom is -0.305 e. The first kappa shape index (κ1) is 20.4. The summed E-state index contributed by atoms with van der Waals surface area (Å²) in [5, 5.41) is 8.57. The number of carbonyl (C=O) groups is 1. The number of halogens is 2. The van der Waals surface area contributed by atoms with E-state index in [0.717, 1.165) is 31.4 Å². The van der Waals surface area contributed by atoms with Crippen LogP contribution in [0.15, 0.2) is 6.20 Å². The normalized spacial score (nSPS) is 33.6. The summed E-state index contributed by atoms with van der Waals surface area (Å²) in [6, 6.07) is -0.347. The van der Waals surface area contributed by atoms with Crippen LogP contribution in [0, 0.1) is 16.7 Å². The maximum Gasteiger partial charge on any atom is 0.252 e. The molecule has 7 heteroatoms. The molecule has 27 heavy (non-hydrogen) atoms. The smallest absolute Gasteiger partial charge is 0.252 e. The first-order chi connectivity index (χ1) is 12.3. The predicted octanol–water partition coefficient (Wildman–Crippen LogP) is 3.71. The van der Waals surface area contributed by atoms with Gasteiger partial charge in [0.25, 0.3) is 5.92 Å². The molecule has 3 rings (SSSR count). The van der Waals surface area contributed by atoms with E-state index in [4.69, 9.17) is 0 Å². The van der Waals surface area contributed by atoms with Gasteiger partial charge in [-0.15, -0.1) is 5.10 Å². The van der Waals surface area contributed by atoms with Crippen LogP contribution in [0.1, 0.15) is 65.6 Å². The number of carbonyl (C=O) groups excluding carboxylic acids is 1. The molecule has 0 aromatic carbocycles. The molecule has 0 N–H and O–H groups in total. The number of aldehydes is 1. The topological polar surface area (TPSA) is 51.0 Å². The molecule has 1 aromatic heterocycles. The molecule has 0 aliphatic heterocycles. The summed E-state index contributed by atoms with van der Waals surface area (Å²) < 4.78 is 28.0. The number of hydrogen-bond donors (Lipinski definition) is 0. The standard InChI is InChI=1S/C20H32F2N4O/c1-17(2,3)16(10-27)26-9-15(23-24-26)19(5)11-18(4,12-19)13-25(6)8-14-7-20(14,21)22/h9-10,14,16H,7-8,11-13H2,1-6H3. The van der Waals surface area contributed by atoms with Crippen LogP contribution in [0.4, 0.5) is 8.78 Å². The highest BCUT2D eigenvalue weighted by atomic mass is 19.3. The van der Waals surface area contributed by atoms with Crippen LogP contribution in [-0.2, 0) is 10.2 Å². The average molecular weight is 382 g/mol. The van der Waals surface area contributed by atoms with Crippen molar-refractivity contribution in [2.24, 2.45) is 16.7 Å². The first-order valence-electron chi connectivity index (χ1n) is 9.72. The first-order valence-corrected chi connectivity index (χ1v) is 9.72. The minimum atomic E-state index is -2.45. The molecule has 1 aromatic rings. The molecule has 1 heterocycles. The highest BCUT2D eigenvalue weighted by molar-refractivity contribution is 5.57. The van der Waals surface area contributed by atoms with Crippen molar-refractivity contribution in [3.63, 3.8) is 0 Å². The van der Waals surface area contributed by atoms with Crippen LogP contribution < -0.4 is 0 Å². The molecule has 0 spiro atoms. The second kappa shape index (κ2) is 6.33. The lowest BCUT2D eigenvalue weighted by molar-refractivity contribution is -0.113. The lowest BCUT2D eigenvalue weighted by atomic mass is 9.53. The van der Waals surface area contributed by atoms with Crippen molar-refractivity contribution in [1.82, 2.24) is 19.9 Å². The summed E-state index contributed by atoms with van der Waals surface area (Å²) >= 11 is 0. The van der Waals surface area contributed by atoms with Crippen molar-refractivity contribution in [3.05, 3.63) is 11.9 Å². The van der Waals surface area contributed by atoms with Crippen LogP contribution in [0.3, 0.4) is 0 Å². The molecule has 2 unspecified atom stereocenters. The summed E-state index contributed by atoms with van der Waals surface area (Å²) in [6.07, 6.45) is 4.73. The largest absolute Gasteiger partial charge is 0.305 e. The molecular weight excluding hydrogens is 350 g/mol. The van der Waals surface area contributed by atoms with Crippen LogP contribution in [0.5, 0.6) is 0 Å². The molecule has 0 bridgehead atoms. The second-order valence-electron chi connectivity index (χ2n) is 10.6. The van der Waals surface area contributed by atoms with Crippen LogP contribution in [-0.4, -0.2) is 52.2 Å². The van der Waals surface area contributed by atoms with E-state index in [1.165, 1.54) is 0 Å². The Hall–Kier alpha value is -1.37. The molecule has 0 saturated heterocycles. The van der Waals surface area contributed by atoms with E-state index in [1.54, 1.807) is 4.68 Å². The summed E-state index contributed by atoms with van der Waals surface area (Å²) in [5.41, 5.74) is 0.691. The Morgan fingerprint density at radius 1 is 1.37 bits per heavy atom. The van der Waals surface area contributed by atoms with E-state index >= 15 is 0 Å². The maximum absolute atomic E-state index is 13.1. The Labute approximate surface area is 160 Å². The molecule has 0 radical (unpaired) electrons. The maximum atomic E-state index is 13.1. The van der Waals surface area contributed by atoms with E-state index in [-0.39, 0.29) is 28.7 Å². The molecule has 2 aliphatic rings. The highest BCUT2D eigenvalue weighted by Crippen LogP contribution is 2.56. The molecular formula is C20H32F2N4O. The van der Waals surface area contributed by atoms with E-state index < -0.39 is 11.8 Å². The molecule has 152 valence electrons. The molecule has 2 aliphatic carbocycles. The van der Waals surface area contributed by atoms with Crippen molar-refractivity contribution in [1.29, 1.82) is 0 Å². The van der Waals surface area contributed by atoms with Crippen molar-refractivity contribution in [2.75, 3.05) is 20.1 Å². The molecule has 0 amide bonds. The predicted molar refractivity (Wildman–Crippen MR) is 99.8 cm³/mol. The van der Waals surface area contributed by atoms with Gasteiger partial charge in [-0.25, -0.2) is 13.5 Å². The van der Waals surface area contributed by atoms with E-state index in [9.17, 15) is 13.6 Å². The van der Waals surface area contributed by atoms with Gasteiger partial charge in [0.15, 0.2) is 0 Å². The Kier molecular flexibility index (Phi) is 4.77. The lowest BCUT2D eigenvalue weighted by Gasteiger charge is -2.53. The van der Waals surface area contributed by atoms with Gasteiger partial charge in [-0.1, -0.05) is 39.8 Å². The van der Waals surface area contributed by atoms with Gasteiger partial charge in [-0.3, -0.25) is 0 Å². The highest BCUT2D eigenvalue weighted by Gasteiger charge is 2.57. The minimum absolute atomic E-state index is 0.0283. The fraction of sp³-hybridized carbons (Fsp3) is 0.850. The molecule has 2 atom stereocenters. The summed E-state index contributed by atoms with van der Waals surface area (Å²) in [5.74, 6) is -2.93. The van der Waals surface area contributed by atoms with Gasteiger partial charge in [-0.2, -0.15) is 0 Å². The monoisotopic (exact) mass is 382 g/mol. The van der Waals surface area contributed by atoms with Gasteiger partial charge in [-0.05, 0) is 30.7 Å². The summed E-state index contributed by atoms with van der Waals surface area (Å²) in [4.78, 5) is 13.6. The van der Waals surface area contributed by atoms with Crippen molar-refractivity contribution in [2.45, 2.75) is 71.3 Å². The van der Waals surface area contributed by atoms with Gasteiger partial charge in [0, 0.05) is 37.0 Å². The molecule has 5 nitrogen and oxygen atoms in total. The number of rotatable bonds is 7. The SMILES string of the molecule is CN(CC1CC1(F)F)CC1(C)CC(C)(c2cn(C(C=O)C(C)(C)C)nn2)C1. The van der Waals surface area contributed by atoms with Crippen molar-refractivity contribution < 1.29 is 13.6 Å². The van der Waals surface area contributed by atoms with Gasteiger partial charge < -0.3 is 9.69 Å². The third-order valence-corrected chi connectivity index (χ3v) is 6.20. The quantitative estimate of drug-likeness (QED) is 0.675. The Bertz CT molecular complexity index is 703. The molecule has 2 saturated carbocycles. The van der Waals surface area contributed by atoms with E-state index in [1.807, 2.05) is 38.9 Å². The zero-order valence-corrected chi connectivity index (χ0v) is 17.3. The van der Waals surface area contributed by atoms with Gasteiger partial charge >= 0.3 is 0 Å². The number of hydrogen-bond acceptors (Lipinski definition) is 4. The van der Waals surface area contributed by atoms with E-state index in [0.29, 0.717) is 6.54 Å². The van der Waals surface area contributed by atoms with Crippen LogP contribution >= 0.6 is 0 Å². The van der Waals surface area contributed by atoms with Crippen molar-refractivity contribution >= 4 is 6.29 Å². The fourth-order valence-corrected chi connectivity index (χ4v) is 5.04. The Morgan fingerprint density at radius 2 is 1.96 bits per heavy atom. The molecule has 2 fully saturated rings. The van der Waals surface area contributed by atoms with Crippen molar-refractivity contribution in [3.8, 4) is 0 Å². The number of aromatic nitrogens is 3.